The van der Waals surface area contributed by atoms with E-state index in [0.29, 0.717) is 47.3 Å². The SMILES string of the molecule is CCOC(=O)c1cccc(N2C(=O)C(=O)/C(=C(\O)c3ccc4c(c3)OCCO4)C2c2cccc(OC)c2)c1. The second kappa shape index (κ2) is 10.3. The van der Waals surface area contributed by atoms with E-state index in [2.05, 4.69) is 0 Å². The molecule has 2 aliphatic heterocycles. The first-order valence-corrected chi connectivity index (χ1v) is 12.0. The number of ketones is 1. The van der Waals surface area contributed by atoms with Crippen LogP contribution in [0.5, 0.6) is 17.2 Å². The van der Waals surface area contributed by atoms with Crippen molar-refractivity contribution in [1.29, 1.82) is 0 Å². The van der Waals surface area contributed by atoms with Crippen LogP contribution in [0.25, 0.3) is 5.76 Å². The average Bonchev–Trinajstić information content (AvgIpc) is 3.22. The fourth-order valence-corrected chi connectivity index (χ4v) is 4.57. The van der Waals surface area contributed by atoms with Crippen molar-refractivity contribution in [3.05, 3.63) is 89.0 Å². The van der Waals surface area contributed by atoms with Gasteiger partial charge in [0.25, 0.3) is 11.7 Å². The third kappa shape index (κ3) is 4.43. The standard InChI is InChI=1S/C29H25NO8/c1-3-36-29(34)19-7-4-8-20(14-19)30-25(17-6-5-9-21(15-17)35-2)24(27(32)28(30)33)26(31)18-10-11-22-23(16-18)38-13-12-37-22/h4-11,14-16,25,31H,3,12-13H2,1-2H3/b26-24-. The van der Waals surface area contributed by atoms with Gasteiger partial charge in [-0.05, 0) is 61.0 Å². The van der Waals surface area contributed by atoms with Gasteiger partial charge in [-0.15, -0.1) is 0 Å². The van der Waals surface area contributed by atoms with Crippen LogP contribution in [0.1, 0.15) is 34.5 Å². The average molecular weight is 516 g/mol. The molecular formula is C29H25NO8. The molecule has 1 N–H and O–H groups in total. The van der Waals surface area contributed by atoms with Crippen LogP contribution < -0.4 is 19.1 Å². The quantitative estimate of drug-likeness (QED) is 0.224. The number of Topliss-reactive ketones (excluding diaryl/α,β-unsaturated/α-hetero) is 1. The number of benzene rings is 3. The maximum atomic E-state index is 13.5. The summed E-state index contributed by atoms with van der Waals surface area (Å²) in [5.41, 5.74) is 1.24. The van der Waals surface area contributed by atoms with E-state index in [9.17, 15) is 19.5 Å². The van der Waals surface area contributed by atoms with Crippen molar-refractivity contribution in [3.8, 4) is 17.2 Å². The van der Waals surface area contributed by atoms with Crippen LogP contribution in [-0.4, -0.2) is 49.7 Å². The smallest absolute Gasteiger partial charge is 0.338 e. The molecule has 1 atom stereocenters. The minimum atomic E-state index is -1.00. The number of fused-ring (bicyclic) bond motifs is 1. The number of carbonyl (C=O) groups excluding carboxylic acids is 3. The molecule has 0 aliphatic carbocycles. The number of amides is 1. The summed E-state index contributed by atoms with van der Waals surface area (Å²) in [6.45, 7) is 2.64. The number of hydrogen-bond donors (Lipinski definition) is 1. The van der Waals surface area contributed by atoms with Crippen molar-refractivity contribution in [3.63, 3.8) is 0 Å². The first-order chi connectivity index (χ1) is 18.4. The van der Waals surface area contributed by atoms with Crippen molar-refractivity contribution in [1.82, 2.24) is 0 Å². The highest BCUT2D eigenvalue weighted by molar-refractivity contribution is 6.51. The van der Waals surface area contributed by atoms with E-state index in [0.717, 1.165) is 0 Å². The third-order valence-electron chi connectivity index (χ3n) is 6.31. The molecule has 0 aromatic heterocycles. The van der Waals surface area contributed by atoms with Gasteiger partial charge >= 0.3 is 5.97 Å². The minimum Gasteiger partial charge on any atom is -0.507 e. The zero-order valence-electron chi connectivity index (χ0n) is 20.8. The molecule has 0 bridgehead atoms. The predicted molar refractivity (Wildman–Crippen MR) is 138 cm³/mol. The third-order valence-corrected chi connectivity index (χ3v) is 6.31. The summed E-state index contributed by atoms with van der Waals surface area (Å²) in [6.07, 6.45) is 0. The van der Waals surface area contributed by atoms with Gasteiger partial charge in [-0.2, -0.15) is 0 Å². The Bertz CT molecular complexity index is 1460. The van der Waals surface area contributed by atoms with Gasteiger partial charge < -0.3 is 24.1 Å². The summed E-state index contributed by atoms with van der Waals surface area (Å²) in [5.74, 6) is -1.18. The molecule has 194 valence electrons. The van der Waals surface area contributed by atoms with Crippen LogP contribution in [0.4, 0.5) is 5.69 Å². The van der Waals surface area contributed by atoms with Crippen LogP contribution in [0, 0.1) is 0 Å². The number of aliphatic hydroxyl groups is 1. The zero-order valence-corrected chi connectivity index (χ0v) is 20.8. The number of carbonyl (C=O) groups is 3. The highest BCUT2D eigenvalue weighted by Gasteiger charge is 2.47. The van der Waals surface area contributed by atoms with Gasteiger partial charge in [-0.25, -0.2) is 4.79 Å². The lowest BCUT2D eigenvalue weighted by Gasteiger charge is -2.26. The monoisotopic (exact) mass is 515 g/mol. The molecule has 1 fully saturated rings. The molecule has 3 aromatic rings. The van der Waals surface area contributed by atoms with E-state index in [1.165, 1.54) is 18.1 Å². The summed E-state index contributed by atoms with van der Waals surface area (Å²) < 4.78 is 21.7. The molecule has 1 amide bonds. The van der Waals surface area contributed by atoms with E-state index in [4.69, 9.17) is 18.9 Å². The zero-order chi connectivity index (χ0) is 26.8. The van der Waals surface area contributed by atoms with Gasteiger partial charge in [-0.1, -0.05) is 18.2 Å². The van der Waals surface area contributed by atoms with E-state index in [-0.39, 0.29) is 23.5 Å². The summed E-state index contributed by atoms with van der Waals surface area (Å²) >= 11 is 0. The predicted octanol–water partition coefficient (Wildman–Crippen LogP) is 4.27. The number of aliphatic hydroxyl groups excluding tert-OH is 1. The maximum absolute atomic E-state index is 13.5. The molecule has 0 radical (unpaired) electrons. The summed E-state index contributed by atoms with van der Waals surface area (Å²) in [5, 5.41) is 11.4. The Morgan fingerprint density at radius 2 is 1.74 bits per heavy atom. The Kier molecular flexibility index (Phi) is 6.74. The molecule has 2 aliphatic rings. The topological polar surface area (TPSA) is 112 Å². The number of anilines is 1. The molecule has 2 heterocycles. The van der Waals surface area contributed by atoms with Gasteiger partial charge in [0.2, 0.25) is 0 Å². The highest BCUT2D eigenvalue weighted by atomic mass is 16.6. The molecule has 1 unspecified atom stereocenters. The van der Waals surface area contributed by atoms with Crippen molar-refractivity contribution in [2.45, 2.75) is 13.0 Å². The number of nitrogens with zero attached hydrogens (tertiary/aromatic N) is 1. The van der Waals surface area contributed by atoms with Gasteiger partial charge in [-0.3, -0.25) is 14.5 Å². The Hall–Kier alpha value is -4.79. The van der Waals surface area contributed by atoms with Crippen molar-refractivity contribution < 1.29 is 38.4 Å². The minimum absolute atomic E-state index is 0.110. The number of methoxy groups -OCH3 is 1. The van der Waals surface area contributed by atoms with Crippen molar-refractivity contribution >= 4 is 29.1 Å². The van der Waals surface area contributed by atoms with Gasteiger partial charge in [0.05, 0.1) is 30.9 Å². The van der Waals surface area contributed by atoms with Gasteiger partial charge in [0, 0.05) is 11.3 Å². The summed E-state index contributed by atoms with van der Waals surface area (Å²) in [7, 11) is 1.51. The maximum Gasteiger partial charge on any atom is 0.338 e. The van der Waals surface area contributed by atoms with Crippen LogP contribution in [-0.2, 0) is 14.3 Å². The van der Waals surface area contributed by atoms with Crippen LogP contribution in [0.2, 0.25) is 0 Å². The molecule has 3 aromatic carbocycles. The molecule has 0 spiro atoms. The van der Waals surface area contributed by atoms with Crippen LogP contribution in [0.15, 0.2) is 72.3 Å². The van der Waals surface area contributed by atoms with Gasteiger partial charge in [0.15, 0.2) is 11.5 Å². The molecular weight excluding hydrogens is 490 g/mol. The first-order valence-electron chi connectivity index (χ1n) is 12.0. The number of ether oxygens (including phenoxy) is 4. The lowest BCUT2D eigenvalue weighted by atomic mass is 9.94. The van der Waals surface area contributed by atoms with Crippen LogP contribution >= 0.6 is 0 Å². The van der Waals surface area contributed by atoms with Crippen LogP contribution in [0.3, 0.4) is 0 Å². The Morgan fingerprint density at radius 1 is 0.974 bits per heavy atom. The summed E-state index contributed by atoms with van der Waals surface area (Å²) in [6, 6.07) is 17.0. The van der Waals surface area contributed by atoms with Gasteiger partial charge in [0.1, 0.15) is 24.7 Å². The summed E-state index contributed by atoms with van der Waals surface area (Å²) in [4.78, 5) is 40.6. The fourth-order valence-electron chi connectivity index (χ4n) is 4.57. The van der Waals surface area contributed by atoms with Crippen molar-refractivity contribution in [2.75, 3.05) is 31.8 Å². The Balaban J connectivity index is 1.68. The van der Waals surface area contributed by atoms with E-state index >= 15 is 0 Å². The van der Waals surface area contributed by atoms with Crippen molar-refractivity contribution in [2.24, 2.45) is 0 Å². The number of hydrogen-bond acceptors (Lipinski definition) is 8. The second-order valence-electron chi connectivity index (χ2n) is 8.57. The van der Waals surface area contributed by atoms with E-state index in [1.807, 2.05) is 0 Å². The second-order valence-corrected chi connectivity index (χ2v) is 8.57. The molecule has 5 rings (SSSR count). The number of esters is 1. The molecule has 9 heteroatoms. The molecule has 9 nitrogen and oxygen atoms in total. The van der Waals surface area contributed by atoms with E-state index < -0.39 is 23.7 Å². The molecule has 0 saturated carbocycles. The Morgan fingerprint density at radius 3 is 2.50 bits per heavy atom. The lowest BCUT2D eigenvalue weighted by Crippen LogP contribution is -2.29. The first kappa shape index (κ1) is 24.9. The normalized spacial score (nSPS) is 17.8. The molecule has 1 saturated heterocycles. The molecule has 38 heavy (non-hydrogen) atoms. The lowest BCUT2D eigenvalue weighted by molar-refractivity contribution is -0.132. The van der Waals surface area contributed by atoms with E-state index in [1.54, 1.807) is 67.6 Å². The largest absolute Gasteiger partial charge is 0.507 e. The Labute approximate surface area is 218 Å². The highest BCUT2D eigenvalue weighted by Crippen LogP contribution is 2.44. The number of rotatable bonds is 6. The fraction of sp³-hybridized carbons (Fsp3) is 0.207.